The van der Waals surface area contributed by atoms with E-state index >= 15 is 0 Å². The monoisotopic (exact) mass is 564 g/mol. The van der Waals surface area contributed by atoms with Crippen molar-refractivity contribution in [3.05, 3.63) is 83.2 Å². The smallest absolute Gasteiger partial charge is 0.213 e. The Labute approximate surface area is 190 Å². The van der Waals surface area contributed by atoms with Crippen LogP contribution in [-0.4, -0.2) is 5.71 Å². The Morgan fingerprint density at radius 2 is 1.25 bits per heavy atom. The Morgan fingerprint density at radius 1 is 0.786 bits per heavy atom. The Balaban J connectivity index is 2.40. The summed E-state index contributed by atoms with van der Waals surface area (Å²) >= 11 is 10.8. The maximum Gasteiger partial charge on any atom is 0.213 e. The fraction of sp³-hybridized carbons (Fsp3) is 0.136. The normalized spacial score (nSPS) is 14.1. The number of nitrogens with two attached hydrogens (primary N) is 3. The number of hydrogen-bond donors (Lipinski definition) is 3. The fourth-order valence-corrected chi connectivity index (χ4v) is 4.88. The maximum atomic E-state index is 6.16. The summed E-state index contributed by atoms with van der Waals surface area (Å²) in [7, 11) is 0. The van der Waals surface area contributed by atoms with Gasteiger partial charge in [-0.25, -0.2) is 0 Å². The van der Waals surface area contributed by atoms with Gasteiger partial charge in [0.05, 0.1) is 4.48 Å². The van der Waals surface area contributed by atoms with Gasteiger partial charge in [-0.2, -0.15) is 0 Å². The first-order chi connectivity index (χ1) is 13.1. The van der Waals surface area contributed by atoms with E-state index in [1.807, 2.05) is 20.8 Å². The van der Waals surface area contributed by atoms with Crippen LogP contribution in [0.4, 0.5) is 11.4 Å². The van der Waals surface area contributed by atoms with Crippen molar-refractivity contribution < 1.29 is 5.41 Å². The molecule has 144 valence electrons. The molecule has 0 saturated heterocycles. The molecular weight excluding hydrogens is 546 g/mol. The zero-order chi connectivity index (χ0) is 20.7. The summed E-state index contributed by atoms with van der Waals surface area (Å²) in [6.45, 7) is 6.03. The first-order valence-corrected chi connectivity index (χ1v) is 11.0. The Kier molecular flexibility index (Phi) is 6.03. The van der Waals surface area contributed by atoms with Crippen molar-refractivity contribution in [1.29, 1.82) is 0 Å². The van der Waals surface area contributed by atoms with E-state index in [1.54, 1.807) is 0 Å². The summed E-state index contributed by atoms with van der Waals surface area (Å²) in [5, 5.41) is 6.16. The van der Waals surface area contributed by atoms with Crippen LogP contribution in [0.15, 0.2) is 61.0 Å². The third-order valence-corrected chi connectivity index (χ3v) is 6.84. The van der Waals surface area contributed by atoms with Crippen molar-refractivity contribution in [3.63, 3.8) is 0 Å². The van der Waals surface area contributed by atoms with Crippen LogP contribution in [0.1, 0.15) is 29.2 Å². The molecule has 6 N–H and O–H groups in total. The van der Waals surface area contributed by atoms with Crippen LogP contribution in [0.25, 0.3) is 5.57 Å². The molecule has 0 unspecified atom stereocenters. The second kappa shape index (κ2) is 8.01. The minimum atomic E-state index is 0.743. The lowest BCUT2D eigenvalue weighted by molar-refractivity contribution is -0.111. The average Bonchev–Trinajstić information content (AvgIpc) is 2.62. The third-order valence-electron chi connectivity index (χ3n) is 4.88. The van der Waals surface area contributed by atoms with Gasteiger partial charge in [-0.3, -0.25) is 5.41 Å². The molecule has 0 fully saturated rings. The van der Waals surface area contributed by atoms with Gasteiger partial charge >= 0.3 is 0 Å². The molecule has 0 heterocycles. The van der Waals surface area contributed by atoms with Gasteiger partial charge < -0.3 is 11.5 Å². The van der Waals surface area contributed by atoms with E-state index in [0.29, 0.717) is 0 Å². The summed E-state index contributed by atoms with van der Waals surface area (Å²) in [6, 6.07) is 8.32. The molecule has 0 amide bonds. The van der Waals surface area contributed by atoms with Gasteiger partial charge in [-0.1, -0.05) is 0 Å². The van der Waals surface area contributed by atoms with Crippen LogP contribution in [0.5, 0.6) is 0 Å². The number of hydrogen-bond acceptors (Lipinski definition) is 2. The molecule has 3 nitrogen and oxygen atoms in total. The predicted octanol–water partition coefficient (Wildman–Crippen LogP) is 5.23. The highest BCUT2D eigenvalue weighted by Gasteiger charge is 2.21. The number of aryl methyl sites for hydroxylation is 2. The Bertz CT molecular complexity index is 978. The molecule has 0 atom stereocenters. The summed E-state index contributed by atoms with van der Waals surface area (Å²) in [6.07, 6.45) is 4.16. The molecule has 1 aliphatic rings. The molecule has 1 aliphatic carbocycles. The van der Waals surface area contributed by atoms with Crippen LogP contribution < -0.4 is 16.9 Å². The molecule has 0 saturated carbocycles. The molecule has 3 rings (SSSR count). The highest BCUT2D eigenvalue weighted by molar-refractivity contribution is 9.12. The fourth-order valence-electron chi connectivity index (χ4n) is 3.20. The molecule has 0 bridgehead atoms. The second-order valence-electron chi connectivity index (χ2n) is 6.94. The van der Waals surface area contributed by atoms with Crippen LogP contribution in [0.3, 0.4) is 0 Å². The number of allylic oxidation sites excluding steroid dienone is 5. The lowest BCUT2D eigenvalue weighted by Gasteiger charge is -2.19. The first kappa shape index (κ1) is 21.1. The van der Waals surface area contributed by atoms with E-state index in [9.17, 15) is 0 Å². The van der Waals surface area contributed by atoms with Crippen molar-refractivity contribution in [3.8, 4) is 0 Å². The third kappa shape index (κ3) is 3.91. The number of anilines is 2. The quantitative estimate of drug-likeness (QED) is 0.435. The van der Waals surface area contributed by atoms with Crippen LogP contribution in [-0.2, 0) is 0 Å². The molecular formula is C22H21Br3N3+. The summed E-state index contributed by atoms with van der Waals surface area (Å²) < 4.78 is 2.62. The lowest BCUT2D eigenvalue weighted by atomic mass is 9.87. The summed E-state index contributed by atoms with van der Waals surface area (Å²) in [5.41, 5.74) is 21.9. The van der Waals surface area contributed by atoms with Gasteiger partial charge in [0.25, 0.3) is 0 Å². The SMILES string of the molecule is CC1=CC(=C(c2cc(C)c(N)c(Br)c2)c2cc(C)c(N)c(Br)c2)C=C(Br)C1=[NH2+]. The van der Waals surface area contributed by atoms with Crippen molar-refractivity contribution in [2.75, 3.05) is 11.5 Å². The van der Waals surface area contributed by atoms with Crippen molar-refractivity contribution in [2.45, 2.75) is 20.8 Å². The Morgan fingerprint density at radius 3 is 1.64 bits per heavy atom. The van der Waals surface area contributed by atoms with Gasteiger partial charge in [-0.05, 0) is 138 Å². The lowest BCUT2D eigenvalue weighted by Crippen LogP contribution is -2.41. The van der Waals surface area contributed by atoms with E-state index in [4.69, 9.17) is 16.9 Å². The van der Waals surface area contributed by atoms with E-state index in [1.165, 1.54) is 0 Å². The van der Waals surface area contributed by atoms with Gasteiger partial charge in [0, 0.05) is 25.9 Å². The first-order valence-electron chi connectivity index (χ1n) is 8.65. The predicted molar refractivity (Wildman–Crippen MR) is 130 cm³/mol. The minimum Gasteiger partial charge on any atom is -0.398 e. The van der Waals surface area contributed by atoms with Gasteiger partial charge in [0.1, 0.15) is 0 Å². The molecule has 0 aromatic heterocycles. The standard InChI is InChI=1S/C22H20Br3N3/c1-10-4-13(7-16(23)20(10)26)19(14-5-11(2)21(27)17(24)8-14)15-6-12(3)22(28)18(25)9-15/h4-9,26H,27-28H2,1-3H3/p+1. The van der Waals surface area contributed by atoms with Crippen LogP contribution in [0.2, 0.25) is 0 Å². The number of rotatable bonds is 2. The van der Waals surface area contributed by atoms with Crippen molar-refractivity contribution >= 4 is 70.4 Å². The molecule has 0 radical (unpaired) electrons. The molecule has 6 heteroatoms. The van der Waals surface area contributed by atoms with Gasteiger partial charge in [-0.15, -0.1) is 0 Å². The zero-order valence-corrected chi connectivity index (χ0v) is 20.6. The molecule has 2 aromatic carbocycles. The second-order valence-corrected chi connectivity index (χ2v) is 9.50. The molecule has 2 aromatic rings. The maximum absolute atomic E-state index is 6.16. The summed E-state index contributed by atoms with van der Waals surface area (Å²) in [5.74, 6) is 0. The van der Waals surface area contributed by atoms with Crippen molar-refractivity contribution in [2.24, 2.45) is 0 Å². The van der Waals surface area contributed by atoms with Gasteiger partial charge in [0.15, 0.2) is 0 Å². The minimum absolute atomic E-state index is 0.743. The topological polar surface area (TPSA) is 77.6 Å². The number of benzene rings is 2. The van der Waals surface area contributed by atoms with Gasteiger partial charge in [0.2, 0.25) is 5.71 Å². The highest BCUT2D eigenvalue weighted by Crippen LogP contribution is 2.38. The molecule has 28 heavy (non-hydrogen) atoms. The average molecular weight is 567 g/mol. The largest absolute Gasteiger partial charge is 0.398 e. The van der Waals surface area contributed by atoms with E-state index in [-0.39, 0.29) is 0 Å². The summed E-state index contributed by atoms with van der Waals surface area (Å²) in [4.78, 5) is 0. The number of nitrogen functional groups attached to an aromatic ring is 2. The van der Waals surface area contributed by atoms with E-state index in [0.717, 1.165) is 69.5 Å². The Hall–Kier alpha value is -1.63. The zero-order valence-electron chi connectivity index (χ0n) is 15.8. The highest BCUT2D eigenvalue weighted by atomic mass is 79.9. The van der Waals surface area contributed by atoms with Crippen molar-refractivity contribution in [1.82, 2.24) is 0 Å². The van der Waals surface area contributed by atoms with E-state index in [2.05, 4.69) is 84.2 Å². The molecule has 0 aliphatic heterocycles. The molecule has 0 spiro atoms. The van der Waals surface area contributed by atoms with Crippen LogP contribution in [0, 0.1) is 13.8 Å². The van der Waals surface area contributed by atoms with E-state index < -0.39 is 0 Å². The number of halogens is 3. The van der Waals surface area contributed by atoms with Crippen LogP contribution >= 0.6 is 47.8 Å².